The van der Waals surface area contributed by atoms with E-state index in [0.717, 1.165) is 11.0 Å². The molecule has 1 heterocycles. The summed E-state index contributed by atoms with van der Waals surface area (Å²) in [7, 11) is 1.97. The van der Waals surface area contributed by atoms with E-state index in [2.05, 4.69) is 37.6 Å². The highest BCUT2D eigenvalue weighted by Gasteiger charge is 2.22. The topological polar surface area (TPSA) is 32.3 Å². The second-order valence-electron chi connectivity index (χ2n) is 5.56. The number of carbonyl (C=O) groups is 1. The molecule has 0 radical (unpaired) electrons. The van der Waals surface area contributed by atoms with Gasteiger partial charge in [-0.15, -0.1) is 11.3 Å². The van der Waals surface area contributed by atoms with E-state index >= 15 is 0 Å². The lowest BCUT2D eigenvalue weighted by Crippen LogP contribution is -2.49. The van der Waals surface area contributed by atoms with Crippen molar-refractivity contribution in [3.05, 3.63) is 20.8 Å². The Morgan fingerprint density at radius 1 is 1.56 bits per heavy atom. The number of halogens is 1. The highest BCUT2D eigenvalue weighted by molar-refractivity contribution is 9.10. The zero-order valence-electron chi connectivity index (χ0n) is 11.6. The van der Waals surface area contributed by atoms with Gasteiger partial charge in [0.1, 0.15) is 0 Å². The third-order valence-corrected chi connectivity index (χ3v) is 4.25. The van der Waals surface area contributed by atoms with Crippen LogP contribution in [0.2, 0.25) is 0 Å². The van der Waals surface area contributed by atoms with Crippen LogP contribution >= 0.6 is 27.3 Å². The Morgan fingerprint density at radius 2 is 2.17 bits per heavy atom. The first-order valence-corrected chi connectivity index (χ1v) is 7.61. The molecule has 0 aromatic carbocycles. The van der Waals surface area contributed by atoms with Crippen LogP contribution in [0.3, 0.4) is 0 Å². The standard InChI is InChI=1S/C13H21BrN2OS/c1-9(12(17)15-13(2,3)4)16(5)7-11-6-10(14)8-18-11/h6,8-9H,7H2,1-5H3,(H,15,17)/t9-/m0/s1. The molecule has 18 heavy (non-hydrogen) atoms. The van der Waals surface area contributed by atoms with Gasteiger partial charge >= 0.3 is 0 Å². The van der Waals surface area contributed by atoms with Gasteiger partial charge in [-0.05, 0) is 56.7 Å². The number of carbonyl (C=O) groups excluding carboxylic acids is 1. The van der Waals surface area contributed by atoms with Crippen LogP contribution in [0, 0.1) is 0 Å². The van der Waals surface area contributed by atoms with Gasteiger partial charge in [0.05, 0.1) is 6.04 Å². The Morgan fingerprint density at radius 3 is 2.61 bits per heavy atom. The van der Waals surface area contributed by atoms with Crippen molar-refractivity contribution in [3.63, 3.8) is 0 Å². The van der Waals surface area contributed by atoms with Gasteiger partial charge in [-0.3, -0.25) is 9.69 Å². The van der Waals surface area contributed by atoms with Gasteiger partial charge < -0.3 is 5.32 Å². The number of nitrogens with zero attached hydrogens (tertiary/aromatic N) is 1. The van der Waals surface area contributed by atoms with Gasteiger partial charge in [-0.2, -0.15) is 0 Å². The molecule has 1 N–H and O–H groups in total. The molecule has 1 amide bonds. The third-order valence-electron chi connectivity index (χ3n) is 2.57. The molecule has 0 aliphatic rings. The van der Waals surface area contributed by atoms with Crippen LogP contribution in [0.5, 0.6) is 0 Å². The summed E-state index contributed by atoms with van der Waals surface area (Å²) in [6, 6.07) is 1.96. The normalized spacial score (nSPS) is 13.7. The molecule has 0 unspecified atom stereocenters. The van der Waals surface area contributed by atoms with Crippen molar-refractivity contribution in [2.45, 2.75) is 45.8 Å². The minimum absolute atomic E-state index is 0.0700. The van der Waals surface area contributed by atoms with Crippen molar-refractivity contribution in [3.8, 4) is 0 Å². The van der Waals surface area contributed by atoms with E-state index in [0.29, 0.717) is 0 Å². The lowest BCUT2D eigenvalue weighted by Gasteiger charge is -2.28. The molecular weight excluding hydrogens is 312 g/mol. The Bertz CT molecular complexity index is 411. The molecule has 5 heteroatoms. The van der Waals surface area contributed by atoms with E-state index in [4.69, 9.17) is 0 Å². The Balaban J connectivity index is 2.55. The minimum Gasteiger partial charge on any atom is -0.350 e. The van der Waals surface area contributed by atoms with Gasteiger partial charge in [0.15, 0.2) is 0 Å². The van der Waals surface area contributed by atoms with Crippen LogP contribution in [0.15, 0.2) is 15.9 Å². The average molecular weight is 333 g/mol. The maximum Gasteiger partial charge on any atom is 0.237 e. The SMILES string of the molecule is C[C@@H](C(=O)NC(C)(C)C)N(C)Cc1cc(Br)cs1. The quantitative estimate of drug-likeness (QED) is 0.917. The van der Waals surface area contributed by atoms with E-state index in [9.17, 15) is 4.79 Å². The van der Waals surface area contributed by atoms with Crippen molar-refractivity contribution < 1.29 is 4.79 Å². The van der Waals surface area contributed by atoms with Crippen molar-refractivity contribution in [1.82, 2.24) is 10.2 Å². The molecule has 0 saturated carbocycles. The summed E-state index contributed by atoms with van der Waals surface area (Å²) in [5.41, 5.74) is -0.182. The van der Waals surface area contributed by atoms with Crippen molar-refractivity contribution >= 4 is 33.2 Å². The summed E-state index contributed by atoms with van der Waals surface area (Å²) in [6.45, 7) is 8.70. The van der Waals surface area contributed by atoms with Gasteiger partial charge in [0, 0.05) is 26.8 Å². The third kappa shape index (κ3) is 5.08. The molecule has 1 atom stereocenters. The lowest BCUT2D eigenvalue weighted by molar-refractivity contribution is -0.127. The molecule has 0 bridgehead atoms. The zero-order chi connectivity index (χ0) is 13.9. The number of nitrogens with one attached hydrogen (secondary N) is 1. The second kappa shape index (κ2) is 6.17. The average Bonchev–Trinajstić information content (AvgIpc) is 2.60. The summed E-state index contributed by atoms with van der Waals surface area (Å²) in [4.78, 5) is 15.3. The van der Waals surface area contributed by atoms with Crippen LogP contribution in [0.25, 0.3) is 0 Å². The molecular formula is C13H21BrN2OS. The maximum absolute atomic E-state index is 12.0. The molecule has 0 aliphatic carbocycles. The van der Waals surface area contributed by atoms with E-state index in [1.165, 1.54) is 4.88 Å². The van der Waals surface area contributed by atoms with Crippen LogP contribution in [-0.4, -0.2) is 29.4 Å². The first-order chi connectivity index (χ1) is 8.19. The van der Waals surface area contributed by atoms with Gasteiger partial charge in [0.2, 0.25) is 5.91 Å². The smallest absolute Gasteiger partial charge is 0.237 e. The summed E-state index contributed by atoms with van der Waals surface area (Å²) in [5, 5.41) is 5.06. The fourth-order valence-electron chi connectivity index (χ4n) is 1.49. The largest absolute Gasteiger partial charge is 0.350 e. The fraction of sp³-hybridized carbons (Fsp3) is 0.615. The predicted octanol–water partition coefficient (Wildman–Crippen LogP) is 3.25. The summed E-state index contributed by atoms with van der Waals surface area (Å²) in [6.07, 6.45) is 0. The van der Waals surface area contributed by atoms with E-state index in [-0.39, 0.29) is 17.5 Å². The molecule has 102 valence electrons. The number of amides is 1. The highest BCUT2D eigenvalue weighted by atomic mass is 79.9. The lowest BCUT2D eigenvalue weighted by atomic mass is 10.1. The van der Waals surface area contributed by atoms with Crippen molar-refractivity contribution in [2.24, 2.45) is 0 Å². The molecule has 1 aromatic rings. The van der Waals surface area contributed by atoms with E-state index < -0.39 is 0 Å². The Kier molecular flexibility index (Phi) is 5.37. The number of likely N-dealkylation sites (N-methyl/N-ethyl adjacent to an activating group) is 1. The van der Waals surface area contributed by atoms with Gasteiger partial charge in [-0.25, -0.2) is 0 Å². The van der Waals surface area contributed by atoms with Crippen LogP contribution in [-0.2, 0) is 11.3 Å². The minimum atomic E-state index is -0.182. The van der Waals surface area contributed by atoms with E-state index in [1.54, 1.807) is 11.3 Å². The molecule has 1 rings (SSSR count). The molecule has 0 aliphatic heterocycles. The predicted molar refractivity (Wildman–Crippen MR) is 80.8 cm³/mol. The second-order valence-corrected chi connectivity index (χ2v) is 7.47. The van der Waals surface area contributed by atoms with Crippen molar-refractivity contribution in [2.75, 3.05) is 7.05 Å². The Labute approximate surface area is 122 Å². The molecule has 0 spiro atoms. The fourth-order valence-corrected chi connectivity index (χ4v) is 3.01. The van der Waals surface area contributed by atoms with E-state index in [1.807, 2.05) is 34.7 Å². The maximum atomic E-state index is 12.0. The van der Waals surface area contributed by atoms with Crippen LogP contribution < -0.4 is 5.32 Å². The monoisotopic (exact) mass is 332 g/mol. The molecule has 3 nitrogen and oxygen atoms in total. The zero-order valence-corrected chi connectivity index (χ0v) is 14.0. The number of rotatable bonds is 4. The van der Waals surface area contributed by atoms with Crippen molar-refractivity contribution in [1.29, 1.82) is 0 Å². The first-order valence-electron chi connectivity index (χ1n) is 5.94. The molecule has 1 aromatic heterocycles. The number of thiophene rings is 1. The summed E-state index contributed by atoms with van der Waals surface area (Å²) in [5.74, 6) is 0.0700. The van der Waals surface area contributed by atoms with Gasteiger partial charge in [0.25, 0.3) is 0 Å². The summed E-state index contributed by atoms with van der Waals surface area (Å²) >= 11 is 5.14. The number of hydrogen-bond donors (Lipinski definition) is 1. The highest BCUT2D eigenvalue weighted by Crippen LogP contribution is 2.21. The molecule has 0 fully saturated rings. The summed E-state index contributed by atoms with van der Waals surface area (Å²) < 4.78 is 1.10. The Hall–Kier alpha value is -0.390. The van der Waals surface area contributed by atoms with Crippen LogP contribution in [0.1, 0.15) is 32.6 Å². The number of hydrogen-bond acceptors (Lipinski definition) is 3. The van der Waals surface area contributed by atoms with Gasteiger partial charge in [-0.1, -0.05) is 0 Å². The van der Waals surface area contributed by atoms with Crippen LogP contribution in [0.4, 0.5) is 0 Å². The molecule has 0 saturated heterocycles. The first kappa shape index (κ1) is 15.7.